The Labute approximate surface area is 168 Å². The largest absolute Gasteiger partial charge is 0.466 e. The minimum atomic E-state index is -1.09. The first-order chi connectivity index (χ1) is 11.4. The average molecular weight is 464 g/mol. The zero-order valence-corrected chi connectivity index (χ0v) is 18.2. The lowest BCUT2D eigenvalue weighted by molar-refractivity contribution is 0.0433. The monoisotopic (exact) mass is 464 g/mol. The summed E-state index contributed by atoms with van der Waals surface area (Å²) < 4.78 is 5.33. The van der Waals surface area contributed by atoms with Crippen LogP contribution >= 0.6 is 24.0 Å². The Kier molecular flexibility index (Phi) is 9.23. The zero-order chi connectivity index (χ0) is 17.6. The van der Waals surface area contributed by atoms with E-state index in [1.807, 2.05) is 0 Å². The van der Waals surface area contributed by atoms with Gasteiger partial charge in [0.05, 0.1) is 12.8 Å². The van der Waals surface area contributed by atoms with Gasteiger partial charge in [-0.1, -0.05) is 13.8 Å². The Balaban J connectivity index is 0.00000312. The number of guanidine groups is 1. The van der Waals surface area contributed by atoms with E-state index in [4.69, 9.17) is 4.42 Å². The summed E-state index contributed by atoms with van der Waals surface area (Å²) >= 11 is 0. The van der Waals surface area contributed by atoms with Crippen molar-refractivity contribution in [3.63, 3.8) is 0 Å². The quantitative estimate of drug-likeness (QED) is 0.385. The van der Waals surface area contributed by atoms with Crippen LogP contribution in [0.15, 0.2) is 27.8 Å². The molecule has 1 aliphatic heterocycles. The van der Waals surface area contributed by atoms with E-state index < -0.39 is 5.60 Å². The fraction of sp³-hybridized carbons (Fsp3) is 0.722. The van der Waals surface area contributed by atoms with Gasteiger partial charge in [0.15, 0.2) is 5.96 Å². The Bertz CT molecular complexity index is 509. The average Bonchev–Trinajstić information content (AvgIpc) is 3.07. The predicted molar refractivity (Wildman–Crippen MR) is 113 cm³/mol. The second-order valence-corrected chi connectivity index (χ2v) is 7.10. The fourth-order valence-corrected chi connectivity index (χ4v) is 2.98. The van der Waals surface area contributed by atoms with Gasteiger partial charge in [0, 0.05) is 39.3 Å². The van der Waals surface area contributed by atoms with Crippen LogP contribution in [0.4, 0.5) is 0 Å². The normalized spacial score (nSPS) is 18.8. The third-order valence-electron chi connectivity index (χ3n) is 4.22. The van der Waals surface area contributed by atoms with Crippen molar-refractivity contribution < 1.29 is 9.52 Å². The topological polar surface area (TPSA) is 64.2 Å². The summed E-state index contributed by atoms with van der Waals surface area (Å²) in [5.74, 6) is 2.11. The molecule has 0 radical (unpaired) electrons. The molecule has 0 saturated carbocycles. The molecule has 144 valence electrons. The highest BCUT2D eigenvalue weighted by molar-refractivity contribution is 14.0. The number of furan rings is 1. The van der Waals surface area contributed by atoms with Crippen molar-refractivity contribution in [1.29, 1.82) is 0 Å². The van der Waals surface area contributed by atoms with E-state index in [9.17, 15) is 5.11 Å². The number of nitrogens with one attached hydrogen (secondary N) is 1. The maximum atomic E-state index is 10.6. The van der Waals surface area contributed by atoms with Crippen LogP contribution in [0.2, 0.25) is 0 Å². The molecular formula is C18H33IN4O2. The van der Waals surface area contributed by atoms with Gasteiger partial charge in [-0.3, -0.25) is 4.90 Å². The zero-order valence-electron chi connectivity index (χ0n) is 15.9. The lowest BCUT2D eigenvalue weighted by atomic mass is 10.0. The number of hydrogen-bond acceptors (Lipinski definition) is 4. The molecule has 1 aliphatic rings. The molecule has 7 heteroatoms. The van der Waals surface area contributed by atoms with Gasteiger partial charge >= 0.3 is 0 Å². The number of aliphatic imine (C=N–C) groups is 1. The first-order valence-corrected chi connectivity index (χ1v) is 8.94. The second-order valence-electron chi connectivity index (χ2n) is 7.10. The molecule has 0 aromatic carbocycles. The van der Waals surface area contributed by atoms with Crippen LogP contribution in [0.3, 0.4) is 0 Å². The van der Waals surface area contributed by atoms with Crippen molar-refractivity contribution in [3.05, 3.63) is 24.2 Å². The lowest BCUT2D eigenvalue weighted by Crippen LogP contribution is -2.53. The molecule has 2 N–H and O–H groups in total. The molecule has 1 unspecified atom stereocenters. The third-order valence-corrected chi connectivity index (χ3v) is 4.22. The van der Waals surface area contributed by atoms with Crippen molar-refractivity contribution in [1.82, 2.24) is 15.1 Å². The molecule has 0 amide bonds. The van der Waals surface area contributed by atoms with Crippen LogP contribution in [-0.2, 0) is 5.60 Å². The van der Waals surface area contributed by atoms with Crippen LogP contribution < -0.4 is 5.32 Å². The second kappa shape index (κ2) is 10.4. The minimum absolute atomic E-state index is 0. The molecule has 0 aliphatic carbocycles. The van der Waals surface area contributed by atoms with Crippen molar-refractivity contribution >= 4 is 29.9 Å². The van der Waals surface area contributed by atoms with Gasteiger partial charge in [0.25, 0.3) is 0 Å². The molecule has 25 heavy (non-hydrogen) atoms. The van der Waals surface area contributed by atoms with Gasteiger partial charge in [-0.25, -0.2) is 4.99 Å². The molecule has 0 bridgehead atoms. The number of hydrogen-bond donors (Lipinski definition) is 2. The number of halogens is 1. The Hall–Kier alpha value is -0.800. The Morgan fingerprint density at radius 2 is 2.04 bits per heavy atom. The van der Waals surface area contributed by atoms with Gasteiger partial charge in [0.1, 0.15) is 11.4 Å². The molecule has 0 spiro atoms. The maximum absolute atomic E-state index is 10.6. The summed E-state index contributed by atoms with van der Waals surface area (Å²) in [4.78, 5) is 9.43. The van der Waals surface area contributed by atoms with Gasteiger partial charge < -0.3 is 19.7 Å². The van der Waals surface area contributed by atoms with E-state index in [1.54, 1.807) is 25.3 Å². The summed E-state index contributed by atoms with van der Waals surface area (Å²) in [6, 6.07) is 3.57. The van der Waals surface area contributed by atoms with Crippen LogP contribution in [0.25, 0.3) is 0 Å². The summed E-state index contributed by atoms with van der Waals surface area (Å²) in [5.41, 5.74) is -1.09. The fourth-order valence-electron chi connectivity index (χ4n) is 2.98. The first kappa shape index (κ1) is 22.2. The molecule has 1 aromatic heterocycles. The van der Waals surface area contributed by atoms with Crippen LogP contribution in [-0.4, -0.2) is 66.7 Å². The Morgan fingerprint density at radius 3 is 2.56 bits per heavy atom. The van der Waals surface area contributed by atoms with E-state index in [-0.39, 0.29) is 30.5 Å². The molecule has 6 nitrogen and oxygen atoms in total. The van der Waals surface area contributed by atoms with E-state index >= 15 is 0 Å². The predicted octanol–water partition coefficient (Wildman–Crippen LogP) is 2.34. The molecular weight excluding hydrogens is 431 g/mol. The number of rotatable bonds is 6. The lowest BCUT2D eigenvalue weighted by Gasteiger charge is -2.37. The Morgan fingerprint density at radius 1 is 1.36 bits per heavy atom. The van der Waals surface area contributed by atoms with Gasteiger partial charge in [0.2, 0.25) is 0 Å². The molecule has 2 heterocycles. The molecule has 1 saturated heterocycles. The van der Waals surface area contributed by atoms with E-state index in [2.05, 4.69) is 40.9 Å². The highest BCUT2D eigenvalue weighted by Crippen LogP contribution is 2.21. The van der Waals surface area contributed by atoms with Crippen molar-refractivity contribution in [2.75, 3.05) is 45.8 Å². The maximum Gasteiger partial charge on any atom is 0.194 e. The van der Waals surface area contributed by atoms with E-state index in [1.165, 1.54) is 0 Å². The molecule has 1 fully saturated rings. The summed E-state index contributed by atoms with van der Waals surface area (Å²) in [6.45, 7) is 14.6. The van der Waals surface area contributed by atoms with E-state index in [0.717, 1.165) is 45.2 Å². The van der Waals surface area contributed by atoms with Crippen LogP contribution in [0, 0.1) is 5.92 Å². The third kappa shape index (κ3) is 6.79. The van der Waals surface area contributed by atoms with E-state index in [0.29, 0.717) is 11.7 Å². The summed E-state index contributed by atoms with van der Waals surface area (Å²) in [5, 5.41) is 13.9. The van der Waals surface area contributed by atoms with Crippen molar-refractivity contribution in [2.45, 2.75) is 33.3 Å². The molecule has 1 atom stereocenters. The van der Waals surface area contributed by atoms with Gasteiger partial charge in [-0.05, 0) is 31.9 Å². The first-order valence-electron chi connectivity index (χ1n) is 8.94. The van der Waals surface area contributed by atoms with Gasteiger partial charge in [-0.2, -0.15) is 0 Å². The molecule has 1 aromatic rings. The SMILES string of the molecule is CCNC(=NCC(C)(O)c1ccco1)N1CCN(CC(C)C)CC1.I. The highest BCUT2D eigenvalue weighted by Gasteiger charge is 2.27. The number of piperazine rings is 1. The van der Waals surface area contributed by atoms with Gasteiger partial charge in [-0.15, -0.1) is 24.0 Å². The summed E-state index contributed by atoms with van der Waals surface area (Å²) in [7, 11) is 0. The number of aliphatic hydroxyl groups is 1. The van der Waals surface area contributed by atoms with Crippen LogP contribution in [0.1, 0.15) is 33.5 Å². The van der Waals surface area contributed by atoms with Crippen molar-refractivity contribution in [2.24, 2.45) is 10.9 Å². The summed E-state index contributed by atoms with van der Waals surface area (Å²) in [6.07, 6.45) is 1.58. The minimum Gasteiger partial charge on any atom is -0.466 e. The highest BCUT2D eigenvalue weighted by atomic mass is 127. The van der Waals surface area contributed by atoms with Crippen LogP contribution in [0.5, 0.6) is 0 Å². The number of nitrogens with zero attached hydrogens (tertiary/aromatic N) is 3. The smallest absolute Gasteiger partial charge is 0.194 e. The standard InChI is InChI=1S/C18H32N4O2.HI/c1-5-19-17(20-14-18(4,23)16-7-6-12-24-16)22-10-8-21(9-11-22)13-15(2)3;/h6-7,12,15,23H,5,8-11,13-14H2,1-4H3,(H,19,20);1H. The van der Waals surface area contributed by atoms with Crippen molar-refractivity contribution in [3.8, 4) is 0 Å². The molecule has 2 rings (SSSR count).